The van der Waals surface area contributed by atoms with Crippen LogP contribution in [0.5, 0.6) is 0 Å². The second-order valence-corrected chi connectivity index (χ2v) is 9.10. The molecule has 2 fully saturated rings. The predicted octanol–water partition coefficient (Wildman–Crippen LogP) is 3.24. The molecule has 8 nitrogen and oxygen atoms in total. The van der Waals surface area contributed by atoms with E-state index in [0.717, 1.165) is 31.0 Å². The Labute approximate surface area is 186 Å². The number of aryl methyl sites for hydroxylation is 2. The molecule has 0 aromatic carbocycles. The summed E-state index contributed by atoms with van der Waals surface area (Å²) < 4.78 is 43.0. The van der Waals surface area contributed by atoms with Gasteiger partial charge in [-0.15, -0.1) is 11.8 Å². The summed E-state index contributed by atoms with van der Waals surface area (Å²) in [4.78, 5) is 27.7. The van der Waals surface area contributed by atoms with Gasteiger partial charge in [0.15, 0.2) is 0 Å². The molecule has 1 spiro atoms. The monoisotopic (exact) mass is 473 g/mol. The van der Waals surface area contributed by atoms with Gasteiger partial charge >= 0.3 is 12.1 Å². The summed E-state index contributed by atoms with van der Waals surface area (Å²) in [5.74, 6) is -1.16. The van der Waals surface area contributed by atoms with Crippen LogP contribution < -0.4 is 0 Å². The average molecular weight is 473 g/mol. The maximum Gasteiger partial charge on any atom is 0.490 e. The van der Waals surface area contributed by atoms with Gasteiger partial charge in [0.1, 0.15) is 11.3 Å². The van der Waals surface area contributed by atoms with Gasteiger partial charge < -0.3 is 19.3 Å². The number of carboxylic acid groups (broad SMARTS) is 1. The topological polar surface area (TPSA) is 106 Å². The molecule has 0 radical (unpaired) electrons. The van der Waals surface area contributed by atoms with Gasteiger partial charge in [-0.25, -0.2) is 4.79 Å². The van der Waals surface area contributed by atoms with Gasteiger partial charge in [0.25, 0.3) is 5.91 Å². The lowest BCUT2D eigenvalue weighted by molar-refractivity contribution is -0.192. The van der Waals surface area contributed by atoms with E-state index < -0.39 is 12.1 Å². The molecule has 0 saturated carbocycles. The number of aromatic nitrogens is 2. The van der Waals surface area contributed by atoms with Crippen LogP contribution >= 0.6 is 11.8 Å². The first-order valence-electron chi connectivity index (χ1n) is 9.68. The van der Waals surface area contributed by atoms with E-state index in [2.05, 4.69) is 10.1 Å². The van der Waals surface area contributed by atoms with Crippen molar-refractivity contribution in [3.63, 3.8) is 0 Å². The minimum atomic E-state index is -5.08. The maximum atomic E-state index is 12.6. The molecule has 4 rings (SSSR count). The molecule has 2 aliphatic rings. The Balaban J connectivity index is 0.000000360. The first-order chi connectivity index (χ1) is 15.0. The number of amides is 1. The fourth-order valence-electron chi connectivity index (χ4n) is 3.56. The number of carbonyl (C=O) groups is 2. The Hall–Kier alpha value is -2.60. The number of hydrogen-bond donors (Lipinski definition) is 1. The van der Waals surface area contributed by atoms with E-state index in [1.165, 1.54) is 0 Å². The summed E-state index contributed by atoms with van der Waals surface area (Å²) in [6.45, 7) is 5.68. The highest BCUT2D eigenvalue weighted by Gasteiger charge is 2.51. The highest BCUT2D eigenvalue weighted by Crippen LogP contribution is 2.46. The Bertz CT molecular complexity index is 942. The predicted molar refractivity (Wildman–Crippen MR) is 108 cm³/mol. The molecule has 1 N–H and O–H groups in total. The van der Waals surface area contributed by atoms with Gasteiger partial charge in [0.2, 0.25) is 0 Å². The van der Waals surface area contributed by atoms with E-state index in [9.17, 15) is 18.0 Å². The Morgan fingerprint density at radius 1 is 1.34 bits per heavy atom. The molecule has 1 unspecified atom stereocenters. The third-order valence-electron chi connectivity index (χ3n) is 5.10. The highest BCUT2D eigenvalue weighted by molar-refractivity contribution is 8.01. The van der Waals surface area contributed by atoms with Gasteiger partial charge in [-0.2, -0.15) is 13.2 Å². The van der Waals surface area contributed by atoms with E-state index >= 15 is 0 Å². The lowest BCUT2D eigenvalue weighted by atomic mass is 9.92. The van der Waals surface area contributed by atoms with Crippen LogP contribution in [0.1, 0.15) is 33.9 Å². The standard InChI is InChI=1S/C18H21N3O3S.C2HF3O2/c1-12-16(13(2)24-20-12)17(22)21-10-18(11-21)7-15(9-25-18)23-8-14-5-3-4-6-19-14;3-2(4,5)1(6)7/h3-6,15H,7-11H2,1-2H3;(H,6,7). The van der Waals surface area contributed by atoms with Crippen molar-refractivity contribution in [2.75, 3.05) is 18.8 Å². The van der Waals surface area contributed by atoms with Crippen LogP contribution in [0.25, 0.3) is 0 Å². The molecule has 2 aromatic rings. The number of aliphatic carboxylic acids is 1. The fraction of sp³-hybridized carbons (Fsp3) is 0.500. The quantitative estimate of drug-likeness (QED) is 0.722. The number of halogens is 3. The number of likely N-dealkylation sites (tertiary alicyclic amines) is 1. The number of alkyl halides is 3. The molecule has 174 valence electrons. The van der Waals surface area contributed by atoms with Crippen molar-refractivity contribution in [2.45, 2.75) is 43.9 Å². The number of carbonyl (C=O) groups excluding carboxylic acids is 1. The molecule has 1 atom stereocenters. The molecule has 0 aliphatic carbocycles. The molecule has 4 heterocycles. The van der Waals surface area contributed by atoms with E-state index in [1.54, 1.807) is 13.1 Å². The van der Waals surface area contributed by atoms with Gasteiger partial charge in [-0.1, -0.05) is 11.2 Å². The lowest BCUT2D eigenvalue weighted by Gasteiger charge is -2.47. The first kappa shape index (κ1) is 24.1. The smallest absolute Gasteiger partial charge is 0.475 e. The van der Waals surface area contributed by atoms with E-state index in [-0.39, 0.29) is 16.8 Å². The summed E-state index contributed by atoms with van der Waals surface area (Å²) in [7, 11) is 0. The van der Waals surface area contributed by atoms with Crippen molar-refractivity contribution in [1.82, 2.24) is 15.0 Å². The van der Waals surface area contributed by atoms with Crippen LogP contribution in [-0.2, 0) is 16.1 Å². The summed E-state index contributed by atoms with van der Waals surface area (Å²) in [6.07, 6.45) is -2.09. The molecular formula is C20H22F3N3O5S. The van der Waals surface area contributed by atoms with Crippen molar-refractivity contribution < 1.29 is 37.1 Å². The molecule has 2 aliphatic heterocycles. The second kappa shape index (κ2) is 9.49. The largest absolute Gasteiger partial charge is 0.490 e. The van der Waals surface area contributed by atoms with Gasteiger partial charge in [0.05, 0.1) is 28.8 Å². The molecule has 0 bridgehead atoms. The summed E-state index contributed by atoms with van der Waals surface area (Å²) in [5.41, 5.74) is 2.23. The molecule has 1 amide bonds. The lowest BCUT2D eigenvalue weighted by Crippen LogP contribution is -2.60. The van der Waals surface area contributed by atoms with Crippen molar-refractivity contribution in [3.8, 4) is 0 Å². The molecule has 32 heavy (non-hydrogen) atoms. The zero-order valence-electron chi connectivity index (χ0n) is 17.4. The fourth-order valence-corrected chi connectivity index (χ4v) is 5.11. The van der Waals surface area contributed by atoms with Crippen molar-refractivity contribution in [2.24, 2.45) is 0 Å². The summed E-state index contributed by atoms with van der Waals surface area (Å²) in [5, 5.41) is 11.0. The zero-order chi connectivity index (χ0) is 23.5. The van der Waals surface area contributed by atoms with Crippen LogP contribution in [0.2, 0.25) is 0 Å². The molecule has 2 aromatic heterocycles. The van der Waals surface area contributed by atoms with E-state index in [0.29, 0.717) is 23.6 Å². The van der Waals surface area contributed by atoms with Crippen LogP contribution in [0.3, 0.4) is 0 Å². The first-order valence-corrected chi connectivity index (χ1v) is 10.7. The number of rotatable bonds is 4. The van der Waals surface area contributed by atoms with Crippen molar-refractivity contribution >= 4 is 23.6 Å². The third-order valence-corrected chi connectivity index (χ3v) is 6.68. The maximum absolute atomic E-state index is 12.6. The highest BCUT2D eigenvalue weighted by atomic mass is 32.2. The van der Waals surface area contributed by atoms with Gasteiger partial charge in [-0.3, -0.25) is 9.78 Å². The van der Waals surface area contributed by atoms with E-state index in [1.807, 2.05) is 41.8 Å². The number of ether oxygens (including phenoxy) is 1. The average Bonchev–Trinajstić information content (AvgIpc) is 3.29. The van der Waals surface area contributed by atoms with Gasteiger partial charge in [0, 0.05) is 25.0 Å². The number of carboxylic acids is 1. The minimum absolute atomic E-state index is 0.0281. The molecule has 2 saturated heterocycles. The second-order valence-electron chi connectivity index (χ2n) is 7.62. The van der Waals surface area contributed by atoms with Crippen LogP contribution in [0, 0.1) is 13.8 Å². The van der Waals surface area contributed by atoms with Crippen LogP contribution in [0.4, 0.5) is 13.2 Å². The Morgan fingerprint density at radius 2 is 2.03 bits per heavy atom. The minimum Gasteiger partial charge on any atom is -0.475 e. The molecule has 12 heteroatoms. The normalized spacial score (nSPS) is 19.3. The van der Waals surface area contributed by atoms with Crippen LogP contribution in [-0.4, -0.2) is 67.9 Å². The third kappa shape index (κ3) is 5.60. The number of thioether (sulfide) groups is 1. The SMILES string of the molecule is Cc1noc(C)c1C(=O)N1CC2(CC(OCc3ccccn3)CS2)C1.O=C(O)C(F)(F)F. The Morgan fingerprint density at radius 3 is 2.56 bits per heavy atom. The van der Waals surface area contributed by atoms with Crippen molar-refractivity contribution in [3.05, 3.63) is 47.1 Å². The number of pyridine rings is 1. The van der Waals surface area contributed by atoms with Crippen LogP contribution in [0.15, 0.2) is 28.9 Å². The molecular weight excluding hydrogens is 451 g/mol. The zero-order valence-corrected chi connectivity index (χ0v) is 18.2. The number of hydrogen-bond acceptors (Lipinski definition) is 7. The van der Waals surface area contributed by atoms with Gasteiger partial charge in [-0.05, 0) is 32.4 Å². The van der Waals surface area contributed by atoms with Crippen molar-refractivity contribution in [1.29, 1.82) is 0 Å². The van der Waals surface area contributed by atoms with E-state index in [4.69, 9.17) is 19.2 Å². The number of nitrogens with zero attached hydrogens (tertiary/aromatic N) is 3. The Kier molecular flexibility index (Phi) is 7.13. The summed E-state index contributed by atoms with van der Waals surface area (Å²) >= 11 is 1.92. The summed E-state index contributed by atoms with van der Waals surface area (Å²) in [6, 6.07) is 5.86.